The normalized spacial score (nSPS) is 10.6. The topological polar surface area (TPSA) is 91.2 Å². The molecule has 0 aliphatic rings. The number of ether oxygens (including phenoxy) is 2. The molecule has 9 heteroatoms. The van der Waals surface area contributed by atoms with E-state index < -0.39 is 0 Å². The van der Waals surface area contributed by atoms with E-state index in [9.17, 15) is 4.79 Å². The van der Waals surface area contributed by atoms with E-state index in [4.69, 9.17) is 9.47 Å². The summed E-state index contributed by atoms with van der Waals surface area (Å²) in [6.45, 7) is 0.678. The van der Waals surface area contributed by atoms with Crippen LogP contribution >= 0.6 is 11.8 Å². The van der Waals surface area contributed by atoms with E-state index in [1.54, 1.807) is 44.8 Å². The Bertz CT molecular complexity index is 1230. The molecule has 0 atom stereocenters. The summed E-state index contributed by atoms with van der Waals surface area (Å²) < 4.78 is 12.6. The smallest absolute Gasteiger partial charge is 0.234 e. The van der Waals surface area contributed by atoms with Crippen LogP contribution in [0.3, 0.4) is 0 Å². The molecule has 4 rings (SSSR count). The molecule has 0 saturated carbocycles. The highest BCUT2D eigenvalue weighted by Crippen LogP contribution is 2.30. The Labute approximate surface area is 202 Å². The number of benzene rings is 2. The average molecular weight is 476 g/mol. The average Bonchev–Trinajstić information content (AvgIpc) is 3.30. The molecule has 0 fully saturated rings. The van der Waals surface area contributed by atoms with Gasteiger partial charge in [0.25, 0.3) is 0 Å². The van der Waals surface area contributed by atoms with Gasteiger partial charge in [-0.3, -0.25) is 9.78 Å². The van der Waals surface area contributed by atoms with E-state index in [1.165, 1.54) is 17.3 Å². The fourth-order valence-corrected chi connectivity index (χ4v) is 4.17. The highest BCUT2D eigenvalue weighted by atomic mass is 32.2. The van der Waals surface area contributed by atoms with Crippen molar-refractivity contribution in [1.29, 1.82) is 0 Å². The number of nitrogens with one attached hydrogen (secondary N) is 1. The molecule has 0 saturated heterocycles. The second-order valence-corrected chi connectivity index (χ2v) is 8.28. The van der Waals surface area contributed by atoms with Crippen LogP contribution in [-0.2, 0) is 17.8 Å². The molecule has 34 heavy (non-hydrogen) atoms. The molecule has 4 aromatic rings. The zero-order chi connectivity index (χ0) is 23.8. The van der Waals surface area contributed by atoms with Crippen LogP contribution in [0.5, 0.6) is 11.5 Å². The minimum Gasteiger partial charge on any atom is -0.497 e. The Morgan fingerprint density at radius 1 is 1.03 bits per heavy atom. The summed E-state index contributed by atoms with van der Waals surface area (Å²) in [5, 5.41) is 12.3. The first-order chi connectivity index (χ1) is 16.7. The van der Waals surface area contributed by atoms with Crippen molar-refractivity contribution >= 4 is 23.4 Å². The van der Waals surface area contributed by atoms with Crippen molar-refractivity contribution in [3.05, 3.63) is 78.6 Å². The lowest BCUT2D eigenvalue weighted by molar-refractivity contribution is -0.113. The first-order valence-electron chi connectivity index (χ1n) is 10.7. The van der Waals surface area contributed by atoms with Crippen LogP contribution in [-0.4, -0.2) is 45.6 Å². The fraction of sp³-hybridized carbons (Fsp3) is 0.200. The largest absolute Gasteiger partial charge is 0.497 e. The van der Waals surface area contributed by atoms with Crippen molar-refractivity contribution in [3.63, 3.8) is 0 Å². The number of rotatable bonds is 10. The molecule has 1 N–H and O–H groups in total. The van der Waals surface area contributed by atoms with Crippen molar-refractivity contribution in [2.45, 2.75) is 18.1 Å². The van der Waals surface area contributed by atoms with Crippen molar-refractivity contribution in [2.24, 2.45) is 0 Å². The Morgan fingerprint density at radius 3 is 2.62 bits per heavy atom. The van der Waals surface area contributed by atoms with Gasteiger partial charge in [0.1, 0.15) is 11.5 Å². The highest BCUT2D eigenvalue weighted by Gasteiger charge is 2.17. The number of carbonyl (C=O) groups is 1. The van der Waals surface area contributed by atoms with Crippen LogP contribution in [0, 0.1) is 0 Å². The Hall–Kier alpha value is -3.85. The first kappa shape index (κ1) is 23.3. The Balaban J connectivity index is 1.49. The minimum absolute atomic E-state index is 0.172. The molecule has 2 heterocycles. The quantitative estimate of drug-likeness (QED) is 0.341. The number of aromatic nitrogens is 4. The maximum absolute atomic E-state index is 12.7. The van der Waals surface area contributed by atoms with Gasteiger partial charge in [-0.2, -0.15) is 0 Å². The summed E-state index contributed by atoms with van der Waals surface area (Å²) in [4.78, 5) is 16.9. The molecule has 0 spiro atoms. The number of amides is 1. The maximum atomic E-state index is 12.7. The standard InChI is InChI=1S/C25H25N5O3S/c1-32-20-10-11-21(22(15-20)33-2)27-23(31)17-34-25-29-28-24(19-9-6-13-26-16-19)30(25)14-12-18-7-4-3-5-8-18/h3-11,13,15-16H,12,14,17H2,1-2H3,(H,27,31). The Kier molecular flexibility index (Phi) is 7.77. The van der Waals surface area contributed by atoms with Crippen LogP contribution in [0.1, 0.15) is 5.56 Å². The summed E-state index contributed by atoms with van der Waals surface area (Å²) in [6, 6.07) is 19.3. The summed E-state index contributed by atoms with van der Waals surface area (Å²) in [7, 11) is 3.13. The Morgan fingerprint density at radius 2 is 1.88 bits per heavy atom. The van der Waals surface area contributed by atoms with Gasteiger partial charge in [0, 0.05) is 30.6 Å². The lowest BCUT2D eigenvalue weighted by atomic mass is 10.1. The first-order valence-corrected chi connectivity index (χ1v) is 11.7. The molecule has 174 valence electrons. The fourth-order valence-electron chi connectivity index (χ4n) is 3.41. The molecule has 0 radical (unpaired) electrons. The molecule has 2 aromatic carbocycles. The maximum Gasteiger partial charge on any atom is 0.234 e. The van der Waals surface area contributed by atoms with Crippen molar-refractivity contribution in [1.82, 2.24) is 19.7 Å². The van der Waals surface area contributed by atoms with E-state index in [1.807, 2.05) is 34.9 Å². The summed E-state index contributed by atoms with van der Waals surface area (Å²) >= 11 is 1.34. The molecular weight excluding hydrogens is 450 g/mol. The van der Waals surface area contributed by atoms with Gasteiger partial charge in [-0.25, -0.2) is 0 Å². The summed E-state index contributed by atoms with van der Waals surface area (Å²) in [5.74, 6) is 1.91. The van der Waals surface area contributed by atoms with Crippen LogP contribution < -0.4 is 14.8 Å². The molecule has 0 unspecified atom stereocenters. The third-order valence-corrected chi connectivity index (χ3v) is 6.09. The SMILES string of the molecule is COc1ccc(NC(=O)CSc2nnc(-c3cccnc3)n2CCc2ccccc2)c(OC)c1. The number of nitrogens with zero attached hydrogens (tertiary/aromatic N) is 4. The lowest BCUT2D eigenvalue weighted by Crippen LogP contribution is -2.15. The van der Waals surface area contributed by atoms with Crippen LogP contribution in [0.4, 0.5) is 5.69 Å². The number of hydrogen-bond donors (Lipinski definition) is 1. The van der Waals surface area contributed by atoms with Gasteiger partial charge in [0.2, 0.25) is 5.91 Å². The lowest BCUT2D eigenvalue weighted by Gasteiger charge is -2.12. The van der Waals surface area contributed by atoms with E-state index >= 15 is 0 Å². The van der Waals surface area contributed by atoms with E-state index in [0.29, 0.717) is 28.9 Å². The van der Waals surface area contributed by atoms with Crippen molar-refractivity contribution in [2.75, 3.05) is 25.3 Å². The van der Waals surface area contributed by atoms with Gasteiger partial charge in [0.15, 0.2) is 11.0 Å². The zero-order valence-electron chi connectivity index (χ0n) is 19.0. The van der Waals surface area contributed by atoms with Crippen LogP contribution in [0.2, 0.25) is 0 Å². The van der Waals surface area contributed by atoms with Gasteiger partial charge in [-0.15, -0.1) is 10.2 Å². The van der Waals surface area contributed by atoms with Crippen LogP contribution in [0.25, 0.3) is 11.4 Å². The van der Waals surface area contributed by atoms with Gasteiger partial charge >= 0.3 is 0 Å². The zero-order valence-corrected chi connectivity index (χ0v) is 19.8. The van der Waals surface area contributed by atoms with Gasteiger partial charge in [0.05, 0.1) is 25.7 Å². The summed E-state index contributed by atoms with van der Waals surface area (Å²) in [6.07, 6.45) is 4.30. The van der Waals surface area contributed by atoms with E-state index in [2.05, 4.69) is 32.6 Å². The molecular formula is C25H25N5O3S. The predicted octanol–water partition coefficient (Wildman–Crippen LogP) is 4.33. The number of hydrogen-bond acceptors (Lipinski definition) is 7. The number of carbonyl (C=O) groups excluding carboxylic acids is 1. The number of methoxy groups -OCH3 is 2. The second kappa shape index (κ2) is 11.3. The third kappa shape index (κ3) is 5.74. The number of aryl methyl sites for hydroxylation is 1. The molecule has 0 bridgehead atoms. The molecule has 2 aromatic heterocycles. The second-order valence-electron chi connectivity index (χ2n) is 7.34. The summed E-state index contributed by atoms with van der Waals surface area (Å²) in [5.41, 5.74) is 2.67. The minimum atomic E-state index is -0.172. The molecule has 0 aliphatic heterocycles. The van der Waals surface area contributed by atoms with Gasteiger partial charge in [-0.05, 0) is 36.2 Å². The molecule has 0 aliphatic carbocycles. The third-order valence-electron chi connectivity index (χ3n) is 5.12. The van der Waals surface area contributed by atoms with Crippen LogP contribution in [0.15, 0.2) is 78.2 Å². The van der Waals surface area contributed by atoms with Gasteiger partial charge < -0.3 is 19.4 Å². The number of anilines is 1. The molecule has 1 amide bonds. The van der Waals surface area contributed by atoms with Gasteiger partial charge in [-0.1, -0.05) is 42.1 Å². The predicted molar refractivity (Wildman–Crippen MR) is 132 cm³/mol. The van der Waals surface area contributed by atoms with E-state index in [-0.39, 0.29) is 11.7 Å². The van der Waals surface area contributed by atoms with Crippen molar-refractivity contribution < 1.29 is 14.3 Å². The van der Waals surface area contributed by atoms with Crippen molar-refractivity contribution in [3.8, 4) is 22.9 Å². The number of thioether (sulfide) groups is 1. The molecule has 8 nitrogen and oxygen atoms in total. The number of pyridine rings is 1. The van der Waals surface area contributed by atoms with E-state index in [0.717, 1.165) is 17.8 Å². The highest BCUT2D eigenvalue weighted by molar-refractivity contribution is 7.99. The monoisotopic (exact) mass is 475 g/mol.